The number of rotatable bonds is 23. The summed E-state index contributed by atoms with van der Waals surface area (Å²) in [6.45, 7) is 9.64. The summed E-state index contributed by atoms with van der Waals surface area (Å²) in [5, 5.41) is 43.5. The van der Waals surface area contributed by atoms with Crippen LogP contribution in [0.4, 0.5) is 63.3 Å². The molecule has 0 amide bonds. The molecule has 0 spiro atoms. The standard InChI is InChI=1S/C41H52N12O10S2/c1-7-51(8-2)33-23-29(31(25-35(33)62-5)49-47-27-15-11-13-17-37(27)64(56,57)58)42-39-44-40(46-41(45-39)53(19-21-54)20-22-55)43-30-24-34(52(9-3)10-4)36(63-6)26-32(30)50-48-28-16-12-14-18-38(28)65(59,60)61/h11-18,23-26,54-55H,7-10,19-22H2,1-6H3,(H,56,57,58)(H,59,60,61)(H2,42,43,44,45,46). The molecule has 0 radical (unpaired) electrons. The van der Waals surface area contributed by atoms with Crippen LogP contribution in [0, 0.1) is 0 Å². The molecule has 6 N–H and O–H groups in total. The minimum atomic E-state index is -4.66. The van der Waals surface area contributed by atoms with Gasteiger partial charge < -0.3 is 45.0 Å². The Hall–Kier alpha value is -6.57. The van der Waals surface area contributed by atoms with Gasteiger partial charge in [0.2, 0.25) is 17.8 Å². The van der Waals surface area contributed by atoms with Crippen molar-refractivity contribution in [3.63, 3.8) is 0 Å². The monoisotopic (exact) mass is 936 g/mol. The van der Waals surface area contributed by atoms with Gasteiger partial charge in [-0.2, -0.15) is 31.8 Å². The second-order valence-corrected chi connectivity index (χ2v) is 16.5. The summed E-state index contributed by atoms with van der Waals surface area (Å²) in [7, 11) is -6.35. The number of nitrogens with zero attached hydrogens (tertiary/aromatic N) is 10. The van der Waals surface area contributed by atoms with Crippen molar-refractivity contribution in [3.8, 4) is 11.5 Å². The van der Waals surface area contributed by atoms with Gasteiger partial charge in [0.25, 0.3) is 20.2 Å². The lowest BCUT2D eigenvalue weighted by Gasteiger charge is -2.25. The number of hydrogen-bond donors (Lipinski definition) is 6. The zero-order chi connectivity index (χ0) is 47.3. The molecule has 1 heterocycles. The van der Waals surface area contributed by atoms with Gasteiger partial charge in [0.1, 0.15) is 44.0 Å². The smallest absolute Gasteiger partial charge is 0.296 e. The minimum Gasteiger partial charge on any atom is -0.494 e. The average Bonchev–Trinajstić information content (AvgIpc) is 3.28. The summed E-state index contributed by atoms with van der Waals surface area (Å²) in [6, 6.07) is 17.7. The molecule has 0 atom stereocenters. The number of azo groups is 2. The lowest BCUT2D eigenvalue weighted by atomic mass is 10.2. The highest BCUT2D eigenvalue weighted by Gasteiger charge is 2.22. The first-order chi connectivity index (χ1) is 31.1. The second kappa shape index (κ2) is 22.4. The second-order valence-electron chi connectivity index (χ2n) is 13.7. The van der Waals surface area contributed by atoms with Crippen LogP contribution in [-0.4, -0.2) is 118 Å². The number of nitrogens with one attached hydrogen (secondary N) is 2. The number of benzene rings is 4. The minimum absolute atomic E-state index is 0.0199. The zero-order valence-corrected chi connectivity index (χ0v) is 38.2. The summed E-state index contributed by atoms with van der Waals surface area (Å²) in [5.74, 6) is 0.726. The van der Waals surface area contributed by atoms with Crippen LogP contribution in [0.1, 0.15) is 27.7 Å². The van der Waals surface area contributed by atoms with Crippen molar-refractivity contribution in [2.75, 3.05) is 92.0 Å². The van der Waals surface area contributed by atoms with Crippen molar-refractivity contribution < 1.29 is 45.6 Å². The van der Waals surface area contributed by atoms with Gasteiger partial charge in [0.05, 0.1) is 50.2 Å². The van der Waals surface area contributed by atoms with E-state index in [-0.39, 0.29) is 78.3 Å². The van der Waals surface area contributed by atoms with Gasteiger partial charge in [0, 0.05) is 51.4 Å². The lowest BCUT2D eigenvalue weighted by Crippen LogP contribution is -2.31. The summed E-state index contributed by atoms with van der Waals surface area (Å²) in [6.07, 6.45) is 0. The molecular formula is C41H52N12O10S2. The fraction of sp³-hybridized carbons (Fsp3) is 0.341. The molecule has 0 aliphatic heterocycles. The van der Waals surface area contributed by atoms with E-state index in [9.17, 15) is 36.2 Å². The molecule has 0 aliphatic carbocycles. The Labute approximate surface area is 377 Å². The topological polar surface area (TPSA) is 290 Å². The number of methoxy groups -OCH3 is 2. The molecule has 348 valence electrons. The van der Waals surface area contributed by atoms with E-state index >= 15 is 0 Å². The Morgan fingerprint density at radius 3 is 1.26 bits per heavy atom. The van der Waals surface area contributed by atoms with Crippen LogP contribution in [0.15, 0.2) is 103 Å². The lowest BCUT2D eigenvalue weighted by molar-refractivity contribution is 0.280. The Balaban J connectivity index is 1.73. The van der Waals surface area contributed by atoms with E-state index in [0.717, 1.165) is 0 Å². The number of hydrogen-bond acceptors (Lipinski definition) is 20. The molecular weight excluding hydrogens is 885 g/mol. The molecule has 65 heavy (non-hydrogen) atoms. The summed E-state index contributed by atoms with van der Waals surface area (Å²) in [5.41, 5.74) is 1.88. The molecule has 24 heteroatoms. The number of anilines is 7. The van der Waals surface area contributed by atoms with Crippen LogP contribution < -0.4 is 34.8 Å². The van der Waals surface area contributed by atoms with Gasteiger partial charge in [-0.3, -0.25) is 9.11 Å². The van der Waals surface area contributed by atoms with Crippen molar-refractivity contribution in [2.24, 2.45) is 20.5 Å². The predicted molar refractivity (Wildman–Crippen MR) is 247 cm³/mol. The molecule has 5 rings (SSSR count). The van der Waals surface area contributed by atoms with Gasteiger partial charge in [-0.05, 0) is 64.1 Å². The van der Waals surface area contributed by atoms with Gasteiger partial charge >= 0.3 is 0 Å². The molecule has 0 aliphatic rings. The summed E-state index contributed by atoms with van der Waals surface area (Å²) >= 11 is 0. The molecule has 0 saturated heterocycles. The van der Waals surface area contributed by atoms with E-state index in [1.165, 1.54) is 67.7 Å². The van der Waals surface area contributed by atoms with Gasteiger partial charge in [-0.15, -0.1) is 20.5 Å². The zero-order valence-electron chi connectivity index (χ0n) is 36.6. The number of ether oxygens (including phenoxy) is 2. The van der Waals surface area contributed by atoms with Gasteiger partial charge in [-0.1, -0.05) is 24.3 Å². The average molecular weight is 937 g/mol. The highest BCUT2D eigenvalue weighted by molar-refractivity contribution is 7.86. The molecule has 0 saturated carbocycles. The van der Waals surface area contributed by atoms with Crippen molar-refractivity contribution in [3.05, 3.63) is 72.8 Å². The first kappa shape index (κ1) is 49.4. The van der Waals surface area contributed by atoms with E-state index in [4.69, 9.17) is 14.5 Å². The van der Waals surface area contributed by atoms with Crippen LogP contribution in [0.3, 0.4) is 0 Å². The third-order valence-electron chi connectivity index (χ3n) is 9.76. The maximum atomic E-state index is 12.2. The van der Waals surface area contributed by atoms with Crippen LogP contribution in [0.25, 0.3) is 0 Å². The van der Waals surface area contributed by atoms with Crippen molar-refractivity contribution >= 4 is 83.6 Å². The normalized spacial score (nSPS) is 11.8. The van der Waals surface area contributed by atoms with E-state index in [1.807, 2.05) is 37.5 Å². The van der Waals surface area contributed by atoms with Crippen LogP contribution >= 0.6 is 0 Å². The maximum absolute atomic E-state index is 12.2. The Morgan fingerprint density at radius 1 is 0.554 bits per heavy atom. The number of aliphatic hydroxyl groups excluding tert-OH is 2. The Bertz CT molecular complexity index is 2540. The Kier molecular flexibility index (Phi) is 17.0. The molecule has 4 aromatic carbocycles. The third kappa shape index (κ3) is 12.4. The highest BCUT2D eigenvalue weighted by atomic mass is 32.2. The maximum Gasteiger partial charge on any atom is 0.296 e. The molecule has 1 aromatic heterocycles. The predicted octanol–water partition coefficient (Wildman–Crippen LogP) is 7.18. The number of aliphatic hydroxyl groups is 2. The molecule has 22 nitrogen and oxygen atoms in total. The van der Waals surface area contributed by atoms with Crippen molar-refractivity contribution in [1.29, 1.82) is 0 Å². The van der Waals surface area contributed by atoms with Crippen molar-refractivity contribution in [1.82, 2.24) is 15.0 Å². The van der Waals surface area contributed by atoms with Crippen LogP contribution in [0.5, 0.6) is 11.5 Å². The largest absolute Gasteiger partial charge is 0.494 e. The molecule has 0 unspecified atom stereocenters. The summed E-state index contributed by atoms with van der Waals surface area (Å²) < 4.78 is 80.0. The highest BCUT2D eigenvalue weighted by Crippen LogP contribution is 2.43. The van der Waals surface area contributed by atoms with Crippen molar-refractivity contribution in [2.45, 2.75) is 37.5 Å². The fourth-order valence-electron chi connectivity index (χ4n) is 6.57. The quantitative estimate of drug-likeness (QED) is 0.0279. The summed E-state index contributed by atoms with van der Waals surface area (Å²) in [4.78, 5) is 18.7. The SMILES string of the molecule is CCN(CC)c1cc(Nc2nc(Nc3cc(N(CC)CC)c(OC)cc3N=Nc3ccccc3S(=O)(=O)O)nc(N(CCO)CCO)n2)c(N=Nc2ccccc2S(=O)(=O)O)cc1OC. The number of aromatic nitrogens is 3. The van der Waals surface area contributed by atoms with E-state index < -0.39 is 30.0 Å². The molecule has 0 fully saturated rings. The Morgan fingerprint density at radius 2 is 0.923 bits per heavy atom. The van der Waals surface area contributed by atoms with Gasteiger partial charge in [0.15, 0.2) is 0 Å². The van der Waals surface area contributed by atoms with Gasteiger partial charge in [-0.25, -0.2) is 0 Å². The first-order valence-electron chi connectivity index (χ1n) is 20.3. The molecule has 5 aromatic rings. The van der Waals surface area contributed by atoms with Crippen LogP contribution in [0.2, 0.25) is 0 Å². The van der Waals surface area contributed by atoms with E-state index in [0.29, 0.717) is 49.1 Å². The fourth-order valence-corrected chi connectivity index (χ4v) is 7.82. The molecule has 0 bridgehead atoms. The third-order valence-corrected chi connectivity index (χ3v) is 11.6. The first-order valence-corrected chi connectivity index (χ1v) is 23.2. The van der Waals surface area contributed by atoms with E-state index in [1.54, 1.807) is 24.3 Å². The van der Waals surface area contributed by atoms with Crippen LogP contribution in [-0.2, 0) is 20.2 Å². The van der Waals surface area contributed by atoms with E-state index in [2.05, 4.69) is 41.1 Å².